The number of rotatable bonds is 3. The van der Waals surface area contributed by atoms with Crippen molar-refractivity contribution >= 4 is 43.5 Å². The maximum absolute atomic E-state index is 14.0. The van der Waals surface area contributed by atoms with Crippen LogP contribution in [0.25, 0.3) is 11.3 Å². The highest BCUT2D eigenvalue weighted by atomic mass is 79.9. The highest BCUT2D eigenvalue weighted by molar-refractivity contribution is 9.24. The number of benzene rings is 1. The van der Waals surface area contributed by atoms with Crippen molar-refractivity contribution < 1.29 is 13.9 Å². The lowest BCUT2D eigenvalue weighted by molar-refractivity contribution is 0.207. The number of aromatic nitrogens is 1. The summed E-state index contributed by atoms with van der Waals surface area (Å²) < 4.78 is 28.4. The fraction of sp³-hybridized carbons (Fsp3) is 0.154. The molecule has 0 saturated carbocycles. The smallest absolute Gasteiger partial charge is 0.271 e. The van der Waals surface area contributed by atoms with Gasteiger partial charge in [-0.1, -0.05) is 49.5 Å². The zero-order valence-electron chi connectivity index (χ0n) is 10.3. The molecule has 0 amide bonds. The lowest BCUT2D eigenvalue weighted by Crippen LogP contribution is -2.24. The molecule has 0 aliphatic carbocycles. The van der Waals surface area contributed by atoms with Crippen molar-refractivity contribution in [3.63, 3.8) is 0 Å². The number of aliphatic hydroxyl groups excluding tert-OH is 1. The summed E-state index contributed by atoms with van der Waals surface area (Å²) in [7, 11) is 0. The van der Waals surface area contributed by atoms with Crippen LogP contribution in [0.4, 0.5) is 8.78 Å². The van der Waals surface area contributed by atoms with Gasteiger partial charge in [-0.15, -0.1) is 0 Å². The Morgan fingerprint density at radius 1 is 1.29 bits per heavy atom. The molecule has 1 N–H and O–H groups in total. The van der Waals surface area contributed by atoms with Crippen molar-refractivity contribution in [2.24, 2.45) is 0 Å². The van der Waals surface area contributed by atoms with E-state index in [2.05, 4.69) is 31.9 Å². The van der Waals surface area contributed by atoms with E-state index in [1.165, 1.54) is 12.1 Å². The molecule has 1 heterocycles. The summed E-state index contributed by atoms with van der Waals surface area (Å²) >= 11 is 12.2. The molecule has 0 radical (unpaired) electrons. The number of nitrogens with zero attached hydrogens (tertiary/aromatic N) is 1. The highest BCUT2D eigenvalue weighted by Crippen LogP contribution is 2.38. The van der Waals surface area contributed by atoms with Gasteiger partial charge in [0, 0.05) is 5.56 Å². The van der Waals surface area contributed by atoms with Gasteiger partial charge in [0.05, 0.1) is 15.0 Å². The van der Waals surface area contributed by atoms with Crippen LogP contribution >= 0.6 is 43.5 Å². The predicted molar refractivity (Wildman–Crippen MR) is 83.9 cm³/mol. The average Bonchev–Trinajstić information content (AvgIpc) is 2.42. The zero-order chi connectivity index (χ0) is 15.7. The molecular weight excluding hydrogens is 435 g/mol. The molecule has 0 atom stereocenters. The van der Waals surface area contributed by atoms with E-state index < -0.39 is 33.2 Å². The van der Waals surface area contributed by atoms with Crippen LogP contribution in [-0.4, -0.2) is 9.67 Å². The molecule has 0 unspecified atom stereocenters. The van der Waals surface area contributed by atoms with Gasteiger partial charge in [-0.2, -0.15) is 0 Å². The second-order valence-corrected chi connectivity index (χ2v) is 7.54. The summed E-state index contributed by atoms with van der Waals surface area (Å²) in [5, 5.41) is 9.24. The van der Waals surface area contributed by atoms with E-state index in [0.717, 1.165) is 16.7 Å². The second-order valence-electron chi connectivity index (χ2n) is 4.07. The normalized spacial score (nSPS) is 11.2. The SMILES string of the molecule is O=c1c(Cl)cc(C(Br)Br)c(-c2c(F)cccc2F)n1CO. The van der Waals surface area contributed by atoms with Crippen LogP contribution in [0.2, 0.25) is 5.02 Å². The monoisotopic (exact) mass is 441 g/mol. The fourth-order valence-corrected chi connectivity index (χ4v) is 2.88. The van der Waals surface area contributed by atoms with Gasteiger partial charge < -0.3 is 5.11 Å². The quantitative estimate of drug-likeness (QED) is 0.723. The summed E-state index contributed by atoms with van der Waals surface area (Å²) in [6, 6.07) is 4.65. The Kier molecular flexibility index (Phi) is 5.19. The third-order valence-corrected chi connectivity index (χ3v) is 4.11. The van der Waals surface area contributed by atoms with E-state index in [9.17, 15) is 18.7 Å². The van der Waals surface area contributed by atoms with Gasteiger partial charge in [0.1, 0.15) is 23.4 Å². The van der Waals surface area contributed by atoms with Gasteiger partial charge in [-0.3, -0.25) is 9.36 Å². The van der Waals surface area contributed by atoms with Crippen molar-refractivity contribution in [3.05, 3.63) is 56.8 Å². The molecule has 21 heavy (non-hydrogen) atoms. The minimum absolute atomic E-state index is 0.0822. The van der Waals surface area contributed by atoms with Gasteiger partial charge in [0.15, 0.2) is 0 Å². The molecule has 0 spiro atoms. The lowest BCUT2D eigenvalue weighted by Gasteiger charge is -2.18. The molecule has 8 heteroatoms. The second kappa shape index (κ2) is 6.56. The summed E-state index contributed by atoms with van der Waals surface area (Å²) in [4.78, 5) is 12.0. The van der Waals surface area contributed by atoms with E-state index >= 15 is 0 Å². The standard InChI is InChI=1S/C13H8Br2ClF2NO2/c14-12(15)6-4-7(16)13(21)19(5-20)11(6)10-8(17)2-1-3-9(10)18/h1-4,12,20H,5H2. The third kappa shape index (κ3) is 3.06. The minimum Gasteiger partial charge on any atom is -0.376 e. The van der Waals surface area contributed by atoms with Crippen LogP contribution in [0, 0.1) is 11.6 Å². The first-order valence-corrected chi connectivity index (χ1v) is 7.86. The Morgan fingerprint density at radius 2 is 1.86 bits per heavy atom. The Hall–Kier alpha value is -0.760. The molecule has 0 saturated heterocycles. The molecule has 0 bridgehead atoms. The van der Waals surface area contributed by atoms with Crippen LogP contribution in [0.1, 0.15) is 9.30 Å². The van der Waals surface area contributed by atoms with Crippen molar-refractivity contribution in [1.82, 2.24) is 4.57 Å². The van der Waals surface area contributed by atoms with Crippen molar-refractivity contribution in [3.8, 4) is 11.3 Å². The molecule has 0 aliphatic rings. The predicted octanol–water partition coefficient (Wildman–Crippen LogP) is 4.19. The molecule has 1 aromatic carbocycles. The maximum atomic E-state index is 14.0. The lowest BCUT2D eigenvalue weighted by atomic mass is 10.0. The molecule has 0 fully saturated rings. The van der Waals surface area contributed by atoms with Gasteiger partial charge >= 0.3 is 0 Å². The molecule has 3 nitrogen and oxygen atoms in total. The van der Waals surface area contributed by atoms with Crippen LogP contribution in [0.15, 0.2) is 29.1 Å². The maximum Gasteiger partial charge on any atom is 0.271 e. The third-order valence-electron chi connectivity index (χ3n) is 2.85. The first-order valence-electron chi connectivity index (χ1n) is 5.65. The summed E-state index contributed by atoms with van der Waals surface area (Å²) in [6.45, 7) is -0.762. The molecule has 2 aromatic rings. The van der Waals surface area contributed by atoms with Crippen LogP contribution in [0.3, 0.4) is 0 Å². The molecule has 0 aliphatic heterocycles. The summed E-state index contributed by atoms with van der Waals surface area (Å²) in [6.07, 6.45) is 0. The van der Waals surface area contributed by atoms with Gasteiger partial charge in [0.25, 0.3) is 5.56 Å². The number of aliphatic hydroxyl groups is 1. The topological polar surface area (TPSA) is 42.2 Å². The van der Waals surface area contributed by atoms with Crippen molar-refractivity contribution in [2.75, 3.05) is 0 Å². The van der Waals surface area contributed by atoms with Gasteiger partial charge in [-0.05, 0) is 18.2 Å². The van der Waals surface area contributed by atoms with E-state index in [0.29, 0.717) is 5.56 Å². The van der Waals surface area contributed by atoms with E-state index in [-0.39, 0.29) is 10.7 Å². The Morgan fingerprint density at radius 3 is 2.33 bits per heavy atom. The minimum atomic E-state index is -0.846. The average molecular weight is 443 g/mol. The fourth-order valence-electron chi connectivity index (χ4n) is 1.96. The van der Waals surface area contributed by atoms with Crippen molar-refractivity contribution in [2.45, 2.75) is 10.5 Å². The Balaban J connectivity index is 2.96. The first-order chi connectivity index (χ1) is 9.88. The van der Waals surface area contributed by atoms with E-state index in [4.69, 9.17) is 11.6 Å². The number of pyridine rings is 1. The van der Waals surface area contributed by atoms with E-state index in [1.54, 1.807) is 0 Å². The van der Waals surface area contributed by atoms with Gasteiger partial charge in [-0.25, -0.2) is 8.78 Å². The van der Waals surface area contributed by atoms with Crippen LogP contribution < -0.4 is 5.56 Å². The number of hydrogen-bond acceptors (Lipinski definition) is 2. The Bertz CT molecular complexity index is 729. The first kappa shape index (κ1) is 16.6. The zero-order valence-corrected chi connectivity index (χ0v) is 14.2. The van der Waals surface area contributed by atoms with Crippen molar-refractivity contribution in [1.29, 1.82) is 0 Å². The van der Waals surface area contributed by atoms with Crippen LogP contribution in [-0.2, 0) is 6.73 Å². The Labute approximate surface area is 140 Å². The highest BCUT2D eigenvalue weighted by Gasteiger charge is 2.23. The van der Waals surface area contributed by atoms with Gasteiger partial charge in [0.2, 0.25) is 0 Å². The van der Waals surface area contributed by atoms with Crippen LogP contribution in [0.5, 0.6) is 0 Å². The number of alkyl halides is 2. The van der Waals surface area contributed by atoms with E-state index in [1.807, 2.05) is 0 Å². The summed E-state index contributed by atoms with van der Waals surface area (Å²) in [5.74, 6) is -1.69. The molecule has 1 aromatic heterocycles. The molecular formula is C13H8Br2ClF2NO2. The summed E-state index contributed by atoms with van der Waals surface area (Å²) in [5.41, 5.74) is -0.903. The number of halogens is 5. The molecule has 112 valence electrons. The largest absolute Gasteiger partial charge is 0.376 e. The molecule has 2 rings (SSSR count). The number of hydrogen-bond donors (Lipinski definition) is 1.